The summed E-state index contributed by atoms with van der Waals surface area (Å²) in [5.41, 5.74) is 2.29. The number of rotatable bonds is 7. The zero-order chi connectivity index (χ0) is 17.9. The van der Waals surface area contributed by atoms with Crippen LogP contribution in [0.15, 0.2) is 18.2 Å². The Bertz CT molecular complexity index is 764. The summed E-state index contributed by atoms with van der Waals surface area (Å²) >= 11 is 0. The molecule has 1 aromatic carbocycles. The highest BCUT2D eigenvalue weighted by atomic mass is 16.5. The predicted molar refractivity (Wildman–Crippen MR) is 92.7 cm³/mol. The van der Waals surface area contributed by atoms with Gasteiger partial charge in [0.05, 0.1) is 12.7 Å². The molecule has 0 saturated carbocycles. The van der Waals surface area contributed by atoms with Crippen LogP contribution >= 0.6 is 0 Å². The lowest BCUT2D eigenvalue weighted by Crippen LogP contribution is -2.40. The van der Waals surface area contributed by atoms with Crippen molar-refractivity contribution in [1.82, 2.24) is 9.88 Å². The molecule has 6 heteroatoms. The average molecular weight is 332 g/mol. The van der Waals surface area contributed by atoms with Crippen molar-refractivity contribution in [3.8, 4) is 5.75 Å². The molecule has 1 atom stereocenters. The van der Waals surface area contributed by atoms with Gasteiger partial charge in [0.15, 0.2) is 0 Å². The molecule has 0 aliphatic rings. The fraction of sp³-hybridized carbons (Fsp3) is 0.444. The molecule has 0 aliphatic carbocycles. The second-order valence-corrected chi connectivity index (χ2v) is 5.77. The molecule has 130 valence electrons. The van der Waals surface area contributed by atoms with Crippen molar-refractivity contribution >= 4 is 22.8 Å². The van der Waals surface area contributed by atoms with Gasteiger partial charge in [-0.05, 0) is 38.0 Å². The largest absolute Gasteiger partial charge is 0.497 e. The maximum Gasteiger partial charge on any atom is 0.326 e. The summed E-state index contributed by atoms with van der Waals surface area (Å²) < 4.78 is 7.36. The first-order valence-electron chi connectivity index (χ1n) is 8.15. The van der Waals surface area contributed by atoms with Crippen molar-refractivity contribution in [1.29, 1.82) is 0 Å². The molecule has 0 radical (unpaired) electrons. The summed E-state index contributed by atoms with van der Waals surface area (Å²) in [6.07, 6.45) is 1.27. The Morgan fingerprint density at radius 3 is 2.58 bits per heavy atom. The molecule has 1 unspecified atom stereocenters. The maximum absolute atomic E-state index is 12.7. The Morgan fingerprint density at radius 1 is 1.33 bits per heavy atom. The van der Waals surface area contributed by atoms with Crippen LogP contribution in [0, 0.1) is 6.92 Å². The number of aliphatic carboxylic acids is 1. The number of carbonyl (C=O) groups excluding carboxylic acids is 1. The standard InChI is InChI=1S/C18H24N2O4/c1-5-9-20-11(3)16(17(21)19-14(6-2)18(22)23)13-10-12(24-4)7-8-15(13)20/h7-8,10,14H,5-6,9H2,1-4H3,(H,19,21)(H,22,23). The number of fused-ring (bicyclic) bond motifs is 1. The van der Waals surface area contributed by atoms with E-state index >= 15 is 0 Å². The normalized spacial score (nSPS) is 12.2. The van der Waals surface area contributed by atoms with Crippen molar-refractivity contribution in [2.24, 2.45) is 0 Å². The summed E-state index contributed by atoms with van der Waals surface area (Å²) in [5, 5.41) is 12.6. The van der Waals surface area contributed by atoms with Gasteiger partial charge in [0.1, 0.15) is 11.8 Å². The average Bonchev–Trinajstić information content (AvgIpc) is 2.83. The zero-order valence-electron chi connectivity index (χ0n) is 14.5. The minimum atomic E-state index is -1.03. The highest BCUT2D eigenvalue weighted by molar-refractivity contribution is 6.09. The van der Waals surface area contributed by atoms with Crippen molar-refractivity contribution in [2.75, 3.05) is 7.11 Å². The molecule has 2 rings (SSSR count). The van der Waals surface area contributed by atoms with Gasteiger partial charge in [0.2, 0.25) is 0 Å². The Morgan fingerprint density at radius 2 is 2.04 bits per heavy atom. The number of aromatic nitrogens is 1. The van der Waals surface area contributed by atoms with Crippen LogP contribution in [0.25, 0.3) is 10.9 Å². The number of nitrogens with zero attached hydrogens (tertiary/aromatic N) is 1. The number of carboxylic acid groups (broad SMARTS) is 1. The van der Waals surface area contributed by atoms with Gasteiger partial charge in [0.25, 0.3) is 5.91 Å². The number of nitrogens with one attached hydrogen (secondary N) is 1. The maximum atomic E-state index is 12.7. The smallest absolute Gasteiger partial charge is 0.326 e. The summed E-state index contributed by atoms with van der Waals surface area (Å²) in [6, 6.07) is 4.72. The Hall–Kier alpha value is -2.50. The molecule has 6 nitrogen and oxygen atoms in total. The summed E-state index contributed by atoms with van der Waals surface area (Å²) in [4.78, 5) is 24.0. The fourth-order valence-corrected chi connectivity index (χ4v) is 2.96. The molecule has 2 aromatic rings. The van der Waals surface area contributed by atoms with E-state index in [9.17, 15) is 14.7 Å². The van der Waals surface area contributed by atoms with E-state index in [-0.39, 0.29) is 5.91 Å². The molecule has 1 amide bonds. The van der Waals surface area contributed by atoms with Crippen LogP contribution in [-0.2, 0) is 11.3 Å². The lowest BCUT2D eigenvalue weighted by Gasteiger charge is -2.13. The first-order valence-corrected chi connectivity index (χ1v) is 8.15. The minimum absolute atomic E-state index is 0.330. The van der Waals surface area contributed by atoms with E-state index < -0.39 is 12.0 Å². The van der Waals surface area contributed by atoms with Crippen LogP contribution in [0.5, 0.6) is 5.75 Å². The third-order valence-corrected chi connectivity index (χ3v) is 4.22. The van der Waals surface area contributed by atoms with E-state index in [1.165, 1.54) is 0 Å². The molecule has 0 bridgehead atoms. The first kappa shape index (κ1) is 17.8. The Kier molecular flexibility index (Phi) is 5.49. The Balaban J connectivity index is 2.56. The van der Waals surface area contributed by atoms with E-state index in [1.54, 1.807) is 14.0 Å². The lowest BCUT2D eigenvalue weighted by molar-refractivity contribution is -0.139. The second-order valence-electron chi connectivity index (χ2n) is 5.77. The number of hydrogen-bond acceptors (Lipinski definition) is 3. The molecular formula is C18H24N2O4. The van der Waals surface area contributed by atoms with Gasteiger partial charge >= 0.3 is 5.97 Å². The van der Waals surface area contributed by atoms with E-state index in [4.69, 9.17) is 4.74 Å². The molecule has 0 fully saturated rings. The van der Waals surface area contributed by atoms with Crippen LogP contribution in [0.2, 0.25) is 0 Å². The van der Waals surface area contributed by atoms with Crippen molar-refractivity contribution < 1.29 is 19.4 Å². The fourth-order valence-electron chi connectivity index (χ4n) is 2.96. The molecular weight excluding hydrogens is 308 g/mol. The van der Waals surface area contributed by atoms with Crippen LogP contribution in [-0.4, -0.2) is 34.7 Å². The van der Waals surface area contributed by atoms with Crippen LogP contribution < -0.4 is 10.1 Å². The summed E-state index contributed by atoms with van der Waals surface area (Å²) in [7, 11) is 1.58. The SMILES string of the molecule is CCCn1c(C)c(C(=O)NC(CC)C(=O)O)c2cc(OC)ccc21. The van der Waals surface area contributed by atoms with Crippen LogP contribution in [0.1, 0.15) is 42.7 Å². The summed E-state index contributed by atoms with van der Waals surface area (Å²) in [5.74, 6) is -0.733. The van der Waals surface area contributed by atoms with E-state index in [2.05, 4.69) is 16.8 Å². The molecule has 1 aromatic heterocycles. The van der Waals surface area contributed by atoms with Crippen molar-refractivity contribution in [3.63, 3.8) is 0 Å². The monoisotopic (exact) mass is 332 g/mol. The molecule has 24 heavy (non-hydrogen) atoms. The number of ether oxygens (including phenoxy) is 1. The van der Waals surface area contributed by atoms with Gasteiger partial charge in [-0.25, -0.2) is 4.79 Å². The first-order chi connectivity index (χ1) is 11.4. The number of amides is 1. The number of aryl methyl sites for hydroxylation is 1. The highest BCUT2D eigenvalue weighted by Gasteiger charge is 2.24. The number of benzene rings is 1. The van der Waals surface area contributed by atoms with Gasteiger partial charge < -0.3 is 19.7 Å². The van der Waals surface area contributed by atoms with E-state index in [0.29, 0.717) is 17.7 Å². The van der Waals surface area contributed by atoms with Crippen molar-refractivity contribution in [2.45, 2.75) is 46.2 Å². The number of hydrogen-bond donors (Lipinski definition) is 2. The van der Waals surface area contributed by atoms with Gasteiger partial charge in [-0.2, -0.15) is 0 Å². The lowest BCUT2D eigenvalue weighted by atomic mass is 10.1. The number of carbonyl (C=O) groups is 2. The zero-order valence-corrected chi connectivity index (χ0v) is 14.5. The highest BCUT2D eigenvalue weighted by Crippen LogP contribution is 2.29. The van der Waals surface area contributed by atoms with Gasteiger partial charge in [0, 0.05) is 23.1 Å². The van der Waals surface area contributed by atoms with Crippen LogP contribution in [0.3, 0.4) is 0 Å². The molecule has 0 aliphatic heterocycles. The van der Waals surface area contributed by atoms with Crippen molar-refractivity contribution in [3.05, 3.63) is 29.5 Å². The predicted octanol–water partition coefficient (Wildman–Crippen LogP) is 2.96. The van der Waals surface area contributed by atoms with E-state index in [1.807, 2.05) is 25.1 Å². The van der Waals surface area contributed by atoms with Gasteiger partial charge in [-0.1, -0.05) is 13.8 Å². The number of methoxy groups -OCH3 is 1. The second kappa shape index (κ2) is 7.38. The van der Waals surface area contributed by atoms with E-state index in [0.717, 1.165) is 29.6 Å². The quantitative estimate of drug-likeness (QED) is 0.817. The van der Waals surface area contributed by atoms with Crippen LogP contribution in [0.4, 0.5) is 0 Å². The third-order valence-electron chi connectivity index (χ3n) is 4.22. The molecule has 1 heterocycles. The van der Waals surface area contributed by atoms with Gasteiger partial charge in [-0.15, -0.1) is 0 Å². The molecule has 0 spiro atoms. The third kappa shape index (κ3) is 3.22. The topological polar surface area (TPSA) is 80.6 Å². The number of carboxylic acids is 1. The Labute approximate surface area is 141 Å². The van der Waals surface area contributed by atoms with Gasteiger partial charge in [-0.3, -0.25) is 4.79 Å². The molecule has 2 N–H and O–H groups in total. The minimum Gasteiger partial charge on any atom is -0.497 e. The molecule has 0 saturated heterocycles. The summed E-state index contributed by atoms with van der Waals surface area (Å²) in [6.45, 7) is 6.48.